The van der Waals surface area contributed by atoms with Crippen molar-refractivity contribution in [1.82, 2.24) is 0 Å². The highest BCUT2D eigenvalue weighted by molar-refractivity contribution is 5.47. The van der Waals surface area contributed by atoms with Crippen LogP contribution in [0.2, 0.25) is 0 Å². The van der Waals surface area contributed by atoms with Crippen LogP contribution in [0.15, 0.2) is 42.5 Å². The van der Waals surface area contributed by atoms with E-state index in [1.807, 2.05) is 30.3 Å². The van der Waals surface area contributed by atoms with Crippen molar-refractivity contribution in [3.05, 3.63) is 59.2 Å². The second kappa shape index (κ2) is 7.48. The van der Waals surface area contributed by atoms with E-state index >= 15 is 0 Å². The zero-order valence-corrected chi connectivity index (χ0v) is 15.1. The highest BCUT2D eigenvalue weighted by atomic mass is 16.5. The first kappa shape index (κ1) is 18.3. The Hall–Kier alpha value is -2.12. The van der Waals surface area contributed by atoms with Crippen LogP contribution in [0.3, 0.4) is 0 Å². The van der Waals surface area contributed by atoms with Gasteiger partial charge < -0.3 is 29.5 Å². The van der Waals surface area contributed by atoms with E-state index in [4.69, 9.17) is 14.2 Å². The molecule has 2 aromatic carbocycles. The Morgan fingerprint density at radius 3 is 2.44 bits per heavy atom. The molecule has 2 aliphatic rings. The Labute approximate surface area is 157 Å². The van der Waals surface area contributed by atoms with Crippen molar-refractivity contribution in [3.63, 3.8) is 0 Å². The Morgan fingerprint density at radius 1 is 0.963 bits per heavy atom. The number of rotatable bonds is 3. The summed E-state index contributed by atoms with van der Waals surface area (Å²) in [4.78, 5) is 0. The van der Waals surface area contributed by atoms with Gasteiger partial charge in [-0.05, 0) is 41.8 Å². The minimum Gasteiger partial charge on any atom is -0.497 e. The average molecular weight is 372 g/mol. The fourth-order valence-electron chi connectivity index (χ4n) is 3.87. The molecule has 5 atom stereocenters. The zero-order valence-electron chi connectivity index (χ0n) is 15.1. The topological polar surface area (TPSA) is 88.4 Å². The number of benzene rings is 2. The van der Waals surface area contributed by atoms with Gasteiger partial charge in [0.25, 0.3) is 0 Å². The van der Waals surface area contributed by atoms with Crippen LogP contribution in [0.1, 0.15) is 35.1 Å². The molecule has 0 amide bonds. The Bertz CT molecular complexity index is 790. The molecule has 144 valence electrons. The van der Waals surface area contributed by atoms with Crippen LogP contribution < -0.4 is 9.47 Å². The fraction of sp³-hybridized carbons (Fsp3) is 0.429. The van der Waals surface area contributed by atoms with E-state index in [-0.39, 0.29) is 12.5 Å². The summed E-state index contributed by atoms with van der Waals surface area (Å²) < 4.78 is 16.7. The zero-order chi connectivity index (χ0) is 19.0. The van der Waals surface area contributed by atoms with Gasteiger partial charge in [0.2, 0.25) is 0 Å². The molecule has 3 N–H and O–H groups in total. The third kappa shape index (κ3) is 3.41. The van der Waals surface area contributed by atoms with Gasteiger partial charge in [0.1, 0.15) is 35.9 Å². The third-order valence-electron chi connectivity index (χ3n) is 5.42. The molecule has 0 spiro atoms. The second-order valence-electron chi connectivity index (χ2n) is 7.06. The van der Waals surface area contributed by atoms with Gasteiger partial charge in [-0.25, -0.2) is 0 Å². The first-order valence-corrected chi connectivity index (χ1v) is 9.15. The molecule has 6 nitrogen and oxygen atoms in total. The van der Waals surface area contributed by atoms with Crippen LogP contribution in [-0.4, -0.2) is 54.0 Å². The number of aliphatic hydroxyl groups is 3. The molecule has 0 bridgehead atoms. The monoisotopic (exact) mass is 372 g/mol. The molecule has 2 heterocycles. The quantitative estimate of drug-likeness (QED) is 0.761. The van der Waals surface area contributed by atoms with Crippen molar-refractivity contribution in [3.8, 4) is 11.5 Å². The smallest absolute Gasteiger partial charge is 0.123 e. The van der Waals surface area contributed by atoms with Crippen LogP contribution in [-0.2, 0) is 4.74 Å². The van der Waals surface area contributed by atoms with Gasteiger partial charge in [0.05, 0.1) is 20.3 Å². The average Bonchev–Trinajstić information content (AvgIpc) is 2.71. The lowest BCUT2D eigenvalue weighted by molar-refractivity contribution is -0.189. The molecule has 0 aliphatic carbocycles. The number of methoxy groups -OCH3 is 1. The number of hydrogen-bond acceptors (Lipinski definition) is 6. The summed E-state index contributed by atoms with van der Waals surface area (Å²) in [6.07, 6.45) is -3.33. The van der Waals surface area contributed by atoms with Crippen molar-refractivity contribution in [2.75, 3.05) is 20.3 Å². The van der Waals surface area contributed by atoms with E-state index < -0.39 is 24.4 Å². The maximum Gasteiger partial charge on any atom is 0.123 e. The fourth-order valence-corrected chi connectivity index (χ4v) is 3.87. The highest BCUT2D eigenvalue weighted by Crippen LogP contribution is 2.41. The van der Waals surface area contributed by atoms with Gasteiger partial charge in [0, 0.05) is 11.5 Å². The van der Waals surface area contributed by atoms with Crippen molar-refractivity contribution in [2.24, 2.45) is 0 Å². The summed E-state index contributed by atoms with van der Waals surface area (Å²) in [6.45, 7) is 0.620. The molecule has 6 heteroatoms. The molecule has 0 radical (unpaired) electrons. The predicted octanol–water partition coefficient (Wildman–Crippen LogP) is 1.76. The number of fused-ring (bicyclic) bond motifs is 1. The summed E-state index contributed by atoms with van der Waals surface area (Å²) >= 11 is 0. The molecule has 1 saturated heterocycles. The van der Waals surface area contributed by atoms with Crippen LogP contribution in [0.5, 0.6) is 11.5 Å². The molecule has 2 aromatic rings. The molecule has 4 rings (SSSR count). The molecule has 27 heavy (non-hydrogen) atoms. The van der Waals surface area contributed by atoms with Gasteiger partial charge in [-0.2, -0.15) is 0 Å². The Balaban J connectivity index is 1.66. The van der Waals surface area contributed by atoms with E-state index in [0.29, 0.717) is 6.61 Å². The van der Waals surface area contributed by atoms with Gasteiger partial charge in [0.15, 0.2) is 0 Å². The van der Waals surface area contributed by atoms with Gasteiger partial charge in [-0.1, -0.05) is 18.2 Å². The SMILES string of the molecule is COc1ccc(C2CCOc3ccc(C4OCC(O)C(O)C4O)cc32)cc1. The molecule has 2 aliphatic heterocycles. The van der Waals surface area contributed by atoms with Crippen molar-refractivity contribution >= 4 is 0 Å². The molecule has 0 saturated carbocycles. The number of hydrogen-bond donors (Lipinski definition) is 3. The summed E-state index contributed by atoms with van der Waals surface area (Å²) in [5.41, 5.74) is 2.95. The lowest BCUT2D eigenvalue weighted by Crippen LogP contribution is -2.49. The minimum absolute atomic E-state index is 0.0155. The number of aliphatic hydroxyl groups excluding tert-OH is 3. The highest BCUT2D eigenvalue weighted by Gasteiger charge is 2.39. The van der Waals surface area contributed by atoms with E-state index in [0.717, 1.165) is 34.6 Å². The van der Waals surface area contributed by atoms with E-state index in [1.165, 1.54) is 0 Å². The maximum atomic E-state index is 10.3. The van der Waals surface area contributed by atoms with Crippen LogP contribution in [0.4, 0.5) is 0 Å². The third-order valence-corrected chi connectivity index (χ3v) is 5.42. The van der Waals surface area contributed by atoms with E-state index in [1.54, 1.807) is 7.11 Å². The van der Waals surface area contributed by atoms with Crippen LogP contribution in [0, 0.1) is 0 Å². The lowest BCUT2D eigenvalue weighted by Gasteiger charge is -2.36. The first-order valence-electron chi connectivity index (χ1n) is 9.15. The Morgan fingerprint density at radius 2 is 1.70 bits per heavy atom. The Kier molecular flexibility index (Phi) is 5.06. The van der Waals surface area contributed by atoms with Crippen molar-refractivity contribution in [2.45, 2.75) is 36.8 Å². The van der Waals surface area contributed by atoms with Gasteiger partial charge in [-0.15, -0.1) is 0 Å². The van der Waals surface area contributed by atoms with E-state index in [2.05, 4.69) is 12.1 Å². The molecule has 5 unspecified atom stereocenters. The maximum absolute atomic E-state index is 10.3. The van der Waals surface area contributed by atoms with Crippen LogP contribution >= 0.6 is 0 Å². The standard InChI is InChI=1S/C21H24O6/c1-25-14-5-2-12(3-6-14)15-8-9-26-18-7-4-13(10-16(15)18)21-20(24)19(23)17(22)11-27-21/h2-7,10,15,17,19-24H,8-9,11H2,1H3. The lowest BCUT2D eigenvalue weighted by atomic mass is 9.84. The molecular weight excluding hydrogens is 348 g/mol. The van der Waals surface area contributed by atoms with Crippen LogP contribution in [0.25, 0.3) is 0 Å². The normalized spacial score (nSPS) is 30.3. The summed E-state index contributed by atoms with van der Waals surface area (Å²) in [6, 6.07) is 13.7. The minimum atomic E-state index is -1.23. The second-order valence-corrected chi connectivity index (χ2v) is 7.06. The number of ether oxygens (including phenoxy) is 3. The van der Waals surface area contributed by atoms with Gasteiger partial charge in [-0.3, -0.25) is 0 Å². The first-order chi connectivity index (χ1) is 13.1. The molecule has 1 fully saturated rings. The summed E-state index contributed by atoms with van der Waals surface area (Å²) in [5.74, 6) is 1.79. The predicted molar refractivity (Wildman–Crippen MR) is 98.1 cm³/mol. The molecular formula is C21H24O6. The van der Waals surface area contributed by atoms with Crippen molar-refractivity contribution in [1.29, 1.82) is 0 Å². The summed E-state index contributed by atoms with van der Waals surface area (Å²) in [7, 11) is 1.64. The largest absolute Gasteiger partial charge is 0.497 e. The molecule has 0 aromatic heterocycles. The summed E-state index contributed by atoms with van der Waals surface area (Å²) in [5, 5.41) is 30.0. The van der Waals surface area contributed by atoms with E-state index in [9.17, 15) is 15.3 Å². The van der Waals surface area contributed by atoms with Gasteiger partial charge >= 0.3 is 0 Å². The van der Waals surface area contributed by atoms with Crippen molar-refractivity contribution < 1.29 is 29.5 Å².